The molecule has 1 aromatic carbocycles. The van der Waals surface area contributed by atoms with E-state index in [2.05, 4.69) is 6.92 Å². The van der Waals surface area contributed by atoms with E-state index < -0.39 is 12.4 Å². The summed E-state index contributed by atoms with van der Waals surface area (Å²) in [5.74, 6) is -0.455. The SMILES string of the molecule is CCCCCCN(OC(=O)/C=C/c1ccccc1OC(OC)OC)C(=N)N. The number of carbonyl (C=O) groups excluding carboxylic acids is 1. The Bertz CT molecular complexity index is 617. The molecule has 0 aliphatic carbocycles. The highest BCUT2D eigenvalue weighted by molar-refractivity contribution is 5.88. The number of nitrogens with two attached hydrogens (primary N) is 1. The van der Waals surface area contributed by atoms with Crippen molar-refractivity contribution in [2.24, 2.45) is 5.73 Å². The van der Waals surface area contributed by atoms with Crippen LogP contribution in [0.5, 0.6) is 5.75 Å². The minimum Gasteiger partial charge on any atom is -0.441 e. The van der Waals surface area contributed by atoms with Crippen LogP contribution in [0.3, 0.4) is 0 Å². The first-order valence-electron chi connectivity index (χ1n) is 8.84. The Morgan fingerprint density at radius 2 is 1.93 bits per heavy atom. The van der Waals surface area contributed by atoms with Gasteiger partial charge in [0.15, 0.2) is 0 Å². The van der Waals surface area contributed by atoms with Gasteiger partial charge in [-0.05, 0) is 18.6 Å². The van der Waals surface area contributed by atoms with E-state index in [0.717, 1.165) is 30.7 Å². The Labute approximate surface area is 160 Å². The number of hydrogen-bond donors (Lipinski definition) is 2. The van der Waals surface area contributed by atoms with E-state index in [9.17, 15) is 4.79 Å². The molecule has 0 atom stereocenters. The molecule has 3 N–H and O–H groups in total. The number of ether oxygens (including phenoxy) is 3. The molecule has 0 aliphatic heterocycles. The second-order valence-corrected chi connectivity index (χ2v) is 5.71. The van der Waals surface area contributed by atoms with Crippen LogP contribution in [0, 0.1) is 5.41 Å². The molecule has 8 heteroatoms. The molecule has 0 aliphatic rings. The Morgan fingerprint density at radius 3 is 2.56 bits per heavy atom. The Balaban J connectivity index is 2.69. The Kier molecular flexibility index (Phi) is 10.6. The number of rotatable bonds is 11. The molecule has 0 saturated carbocycles. The van der Waals surface area contributed by atoms with Gasteiger partial charge in [-0.1, -0.05) is 44.4 Å². The first kappa shape index (κ1) is 22.5. The summed E-state index contributed by atoms with van der Waals surface area (Å²) in [7, 11) is 2.92. The van der Waals surface area contributed by atoms with Crippen molar-refractivity contribution in [1.82, 2.24) is 5.06 Å². The zero-order chi connectivity index (χ0) is 20.1. The topological polar surface area (TPSA) is 107 Å². The lowest BCUT2D eigenvalue weighted by atomic mass is 10.2. The van der Waals surface area contributed by atoms with Gasteiger partial charge in [-0.3, -0.25) is 5.41 Å². The Hall–Kier alpha value is -2.58. The number of methoxy groups -OCH3 is 2. The van der Waals surface area contributed by atoms with Gasteiger partial charge in [-0.25, -0.2) is 4.79 Å². The monoisotopic (exact) mass is 379 g/mol. The van der Waals surface area contributed by atoms with Crippen molar-refractivity contribution in [1.29, 1.82) is 5.41 Å². The van der Waals surface area contributed by atoms with Crippen molar-refractivity contribution in [3.63, 3.8) is 0 Å². The fourth-order valence-electron chi connectivity index (χ4n) is 2.22. The first-order chi connectivity index (χ1) is 13.0. The van der Waals surface area contributed by atoms with Gasteiger partial charge in [0, 0.05) is 25.9 Å². The summed E-state index contributed by atoms with van der Waals surface area (Å²) in [4.78, 5) is 17.2. The molecule has 0 saturated heterocycles. The number of para-hydroxylation sites is 1. The average Bonchev–Trinajstić information content (AvgIpc) is 2.67. The van der Waals surface area contributed by atoms with Crippen LogP contribution in [-0.4, -0.2) is 44.2 Å². The molecule has 27 heavy (non-hydrogen) atoms. The van der Waals surface area contributed by atoms with Gasteiger partial charge >= 0.3 is 12.4 Å². The van der Waals surface area contributed by atoms with E-state index in [1.807, 2.05) is 6.07 Å². The van der Waals surface area contributed by atoms with E-state index >= 15 is 0 Å². The van der Waals surface area contributed by atoms with Crippen LogP contribution < -0.4 is 10.5 Å². The second kappa shape index (κ2) is 12.7. The number of hydrogen-bond acceptors (Lipinski definition) is 6. The summed E-state index contributed by atoms with van der Waals surface area (Å²) in [6.45, 7) is 1.64. The zero-order valence-electron chi connectivity index (χ0n) is 16.1. The largest absolute Gasteiger partial charge is 0.441 e. The molecule has 0 aromatic heterocycles. The lowest BCUT2D eigenvalue weighted by molar-refractivity contribution is -0.219. The highest BCUT2D eigenvalue weighted by atomic mass is 16.8. The van der Waals surface area contributed by atoms with Gasteiger partial charge in [0.05, 0.1) is 6.54 Å². The average molecular weight is 379 g/mol. The van der Waals surface area contributed by atoms with Gasteiger partial charge < -0.3 is 24.8 Å². The van der Waals surface area contributed by atoms with Crippen molar-refractivity contribution in [3.8, 4) is 5.75 Å². The molecule has 8 nitrogen and oxygen atoms in total. The summed E-state index contributed by atoms with van der Waals surface area (Å²) in [6.07, 6.45) is 6.75. The molecule has 0 heterocycles. The van der Waals surface area contributed by atoms with E-state index in [0.29, 0.717) is 17.9 Å². The summed E-state index contributed by atoms with van der Waals surface area (Å²) in [5, 5.41) is 8.62. The van der Waals surface area contributed by atoms with Crippen molar-refractivity contribution < 1.29 is 23.8 Å². The number of nitrogens with one attached hydrogen (secondary N) is 1. The summed E-state index contributed by atoms with van der Waals surface area (Å²) >= 11 is 0. The third kappa shape index (κ3) is 8.57. The van der Waals surface area contributed by atoms with Crippen molar-refractivity contribution >= 4 is 18.0 Å². The molecule has 0 spiro atoms. The maximum absolute atomic E-state index is 12.1. The molecule has 0 fully saturated rings. The summed E-state index contributed by atoms with van der Waals surface area (Å²) < 4.78 is 15.6. The summed E-state index contributed by atoms with van der Waals surface area (Å²) in [5.41, 5.74) is 6.12. The molecule has 0 radical (unpaired) electrons. The van der Waals surface area contributed by atoms with E-state index in [4.69, 9.17) is 30.2 Å². The van der Waals surface area contributed by atoms with Crippen LogP contribution in [0.2, 0.25) is 0 Å². The number of hydroxylamine groups is 2. The van der Waals surface area contributed by atoms with Gasteiger partial charge in [0.25, 0.3) is 0 Å². The van der Waals surface area contributed by atoms with Crippen LogP contribution in [-0.2, 0) is 19.1 Å². The quantitative estimate of drug-likeness (QED) is 0.152. The number of benzene rings is 1. The van der Waals surface area contributed by atoms with Crippen LogP contribution in [0.1, 0.15) is 38.2 Å². The fraction of sp³-hybridized carbons (Fsp3) is 0.474. The van der Waals surface area contributed by atoms with Crippen LogP contribution in [0.15, 0.2) is 30.3 Å². The molecule has 0 bridgehead atoms. The number of carbonyl (C=O) groups is 1. The molecule has 1 rings (SSSR count). The van der Waals surface area contributed by atoms with Crippen LogP contribution >= 0.6 is 0 Å². The predicted octanol–water partition coefficient (Wildman–Crippen LogP) is 2.89. The predicted molar refractivity (Wildman–Crippen MR) is 103 cm³/mol. The van der Waals surface area contributed by atoms with Crippen molar-refractivity contribution in [3.05, 3.63) is 35.9 Å². The van der Waals surface area contributed by atoms with Crippen molar-refractivity contribution in [2.45, 2.75) is 39.1 Å². The molecular weight excluding hydrogens is 350 g/mol. The summed E-state index contributed by atoms with van der Waals surface area (Å²) in [6, 6.07) is 7.10. The van der Waals surface area contributed by atoms with Gasteiger partial charge in [0.2, 0.25) is 5.96 Å². The van der Waals surface area contributed by atoms with Crippen molar-refractivity contribution in [2.75, 3.05) is 20.8 Å². The molecule has 1 aromatic rings. The third-order valence-corrected chi connectivity index (χ3v) is 3.61. The number of unbranched alkanes of at least 4 members (excludes halogenated alkanes) is 3. The van der Waals surface area contributed by atoms with Crippen LogP contribution in [0.25, 0.3) is 6.08 Å². The lowest BCUT2D eigenvalue weighted by Crippen LogP contribution is -2.38. The van der Waals surface area contributed by atoms with E-state index in [1.165, 1.54) is 20.3 Å². The minimum absolute atomic E-state index is 0.306. The van der Waals surface area contributed by atoms with Gasteiger partial charge in [-0.2, -0.15) is 5.06 Å². The zero-order valence-corrected chi connectivity index (χ0v) is 16.1. The highest BCUT2D eigenvalue weighted by Crippen LogP contribution is 2.21. The molecular formula is C19H29N3O5. The van der Waals surface area contributed by atoms with E-state index in [1.54, 1.807) is 24.3 Å². The third-order valence-electron chi connectivity index (χ3n) is 3.61. The standard InChI is InChI=1S/C19H29N3O5/c1-4-5-6-9-14-22(18(20)21)27-17(23)13-12-15-10-7-8-11-16(15)26-19(24-2)25-3/h7-8,10-13,19H,4-6,9,14H2,1-3H3,(H3,20,21)/b13-12+. The lowest BCUT2D eigenvalue weighted by Gasteiger charge is -2.20. The van der Waals surface area contributed by atoms with Gasteiger partial charge in [-0.15, -0.1) is 0 Å². The van der Waals surface area contributed by atoms with Crippen LogP contribution in [0.4, 0.5) is 0 Å². The smallest absolute Gasteiger partial charge is 0.356 e. The Morgan fingerprint density at radius 1 is 1.22 bits per heavy atom. The van der Waals surface area contributed by atoms with E-state index in [-0.39, 0.29) is 5.96 Å². The second-order valence-electron chi connectivity index (χ2n) is 5.71. The number of nitrogens with zero attached hydrogens (tertiary/aromatic N) is 1. The first-order valence-corrected chi connectivity index (χ1v) is 8.84. The minimum atomic E-state index is -0.858. The molecule has 0 amide bonds. The van der Waals surface area contributed by atoms with Gasteiger partial charge in [0.1, 0.15) is 5.75 Å². The maximum atomic E-state index is 12.1. The fourth-order valence-corrected chi connectivity index (χ4v) is 2.22. The highest BCUT2D eigenvalue weighted by Gasteiger charge is 2.12. The molecule has 150 valence electrons. The molecule has 0 unspecified atom stereocenters. The maximum Gasteiger partial charge on any atom is 0.356 e. The normalized spacial score (nSPS) is 11.0. The number of guanidine groups is 1.